The first kappa shape index (κ1) is 22.3. The van der Waals surface area contributed by atoms with Gasteiger partial charge in [0.1, 0.15) is 5.01 Å². The molecule has 0 aliphatic rings. The standard InChI is InChI=1S/C27H26N4O2S/c32-21(17-31-24-12-6-4-10-22(24)23-11-5-7-13-25(23)31)15-28-14-20-18-34-26(30-20)16-29-27(33)19-8-2-1-3-9-19/h1-13,18,21,28,32H,14-17H2,(H,29,33). The van der Waals surface area contributed by atoms with Crippen molar-refractivity contribution in [1.29, 1.82) is 0 Å². The Morgan fingerprint density at radius 2 is 1.56 bits per heavy atom. The zero-order valence-corrected chi connectivity index (χ0v) is 19.5. The summed E-state index contributed by atoms with van der Waals surface area (Å²) in [6.07, 6.45) is -0.539. The molecule has 6 nitrogen and oxygen atoms in total. The predicted molar refractivity (Wildman–Crippen MR) is 137 cm³/mol. The Morgan fingerprint density at radius 3 is 2.26 bits per heavy atom. The van der Waals surface area contributed by atoms with Crippen molar-refractivity contribution >= 4 is 39.0 Å². The van der Waals surface area contributed by atoms with Gasteiger partial charge in [-0.1, -0.05) is 54.6 Å². The molecule has 3 aromatic carbocycles. The molecule has 0 radical (unpaired) electrons. The summed E-state index contributed by atoms with van der Waals surface area (Å²) in [6, 6.07) is 25.8. The van der Waals surface area contributed by atoms with Crippen LogP contribution in [0.5, 0.6) is 0 Å². The highest BCUT2D eigenvalue weighted by molar-refractivity contribution is 7.09. The van der Waals surface area contributed by atoms with E-state index in [1.54, 1.807) is 12.1 Å². The van der Waals surface area contributed by atoms with E-state index in [0.717, 1.165) is 21.7 Å². The summed E-state index contributed by atoms with van der Waals surface area (Å²) in [5.74, 6) is -0.108. The van der Waals surface area contributed by atoms with E-state index in [4.69, 9.17) is 0 Å². The summed E-state index contributed by atoms with van der Waals surface area (Å²) in [5.41, 5.74) is 3.80. The Bertz CT molecular complexity index is 1360. The van der Waals surface area contributed by atoms with E-state index in [1.165, 1.54) is 22.1 Å². The molecule has 34 heavy (non-hydrogen) atoms. The summed E-state index contributed by atoms with van der Waals surface area (Å²) in [5, 5.41) is 22.2. The van der Waals surface area contributed by atoms with Gasteiger partial charge in [-0.3, -0.25) is 4.79 Å². The van der Waals surface area contributed by atoms with Gasteiger partial charge in [-0.15, -0.1) is 11.3 Å². The lowest BCUT2D eigenvalue weighted by molar-refractivity contribution is 0.0951. The topological polar surface area (TPSA) is 79.2 Å². The second kappa shape index (κ2) is 10.2. The number of benzene rings is 3. The largest absolute Gasteiger partial charge is 0.390 e. The molecule has 0 spiro atoms. The fourth-order valence-electron chi connectivity index (χ4n) is 4.20. The van der Waals surface area contributed by atoms with E-state index in [-0.39, 0.29) is 5.91 Å². The van der Waals surface area contributed by atoms with Crippen LogP contribution in [0.25, 0.3) is 21.8 Å². The van der Waals surface area contributed by atoms with Gasteiger partial charge >= 0.3 is 0 Å². The van der Waals surface area contributed by atoms with Crippen molar-refractivity contribution in [2.75, 3.05) is 6.54 Å². The van der Waals surface area contributed by atoms with Crippen LogP contribution in [0, 0.1) is 0 Å². The molecule has 0 aliphatic heterocycles. The average molecular weight is 471 g/mol. The van der Waals surface area contributed by atoms with Crippen LogP contribution in [0.3, 0.4) is 0 Å². The number of hydrogen-bond donors (Lipinski definition) is 3. The summed E-state index contributed by atoms with van der Waals surface area (Å²) in [4.78, 5) is 16.8. The van der Waals surface area contributed by atoms with Gasteiger partial charge in [-0.2, -0.15) is 0 Å². The SMILES string of the molecule is O=C(NCc1nc(CNCC(O)Cn2c3ccccc3c3ccccc32)cs1)c1ccccc1. The Hall–Kier alpha value is -3.52. The van der Waals surface area contributed by atoms with Crippen molar-refractivity contribution in [2.24, 2.45) is 0 Å². The van der Waals surface area contributed by atoms with Gasteiger partial charge in [-0.25, -0.2) is 4.98 Å². The maximum absolute atomic E-state index is 12.2. The maximum Gasteiger partial charge on any atom is 0.251 e. The van der Waals surface area contributed by atoms with E-state index < -0.39 is 6.10 Å². The van der Waals surface area contributed by atoms with Crippen LogP contribution in [0.15, 0.2) is 84.2 Å². The van der Waals surface area contributed by atoms with Crippen LogP contribution in [-0.4, -0.2) is 33.2 Å². The van der Waals surface area contributed by atoms with Crippen LogP contribution >= 0.6 is 11.3 Å². The fraction of sp³-hybridized carbons (Fsp3) is 0.185. The number of amides is 1. The molecule has 2 aromatic heterocycles. The van der Waals surface area contributed by atoms with E-state index in [2.05, 4.69) is 44.5 Å². The van der Waals surface area contributed by atoms with Crippen molar-refractivity contribution in [1.82, 2.24) is 20.2 Å². The average Bonchev–Trinajstić information content (AvgIpc) is 3.46. The lowest BCUT2D eigenvalue weighted by Crippen LogP contribution is -2.30. The molecule has 0 bridgehead atoms. The highest BCUT2D eigenvalue weighted by Crippen LogP contribution is 2.28. The number of aliphatic hydroxyl groups is 1. The van der Waals surface area contributed by atoms with E-state index in [1.807, 2.05) is 47.8 Å². The molecule has 5 aromatic rings. The number of nitrogens with zero attached hydrogens (tertiary/aromatic N) is 2. The second-order valence-electron chi connectivity index (χ2n) is 8.21. The Labute approximate surface area is 201 Å². The minimum Gasteiger partial charge on any atom is -0.390 e. The van der Waals surface area contributed by atoms with Crippen molar-refractivity contribution in [3.05, 3.63) is 101 Å². The number of carbonyl (C=O) groups is 1. The van der Waals surface area contributed by atoms with Crippen LogP contribution in [-0.2, 0) is 19.6 Å². The Morgan fingerprint density at radius 1 is 0.912 bits per heavy atom. The number of rotatable bonds is 9. The van der Waals surface area contributed by atoms with Gasteiger partial charge < -0.3 is 20.3 Å². The predicted octanol–water partition coefficient (Wildman–Crippen LogP) is 4.33. The lowest BCUT2D eigenvalue weighted by Gasteiger charge is -2.14. The highest BCUT2D eigenvalue weighted by Gasteiger charge is 2.13. The molecule has 0 saturated heterocycles. The molecule has 1 atom stereocenters. The molecule has 7 heteroatoms. The number of carbonyl (C=O) groups excluding carboxylic acids is 1. The number of aromatic nitrogens is 2. The first-order valence-electron chi connectivity index (χ1n) is 11.3. The smallest absolute Gasteiger partial charge is 0.251 e. The summed E-state index contributed by atoms with van der Waals surface area (Å²) >= 11 is 1.52. The third kappa shape index (κ3) is 4.87. The molecular weight excluding hydrogens is 444 g/mol. The number of hydrogen-bond acceptors (Lipinski definition) is 5. The fourth-order valence-corrected chi connectivity index (χ4v) is 4.93. The molecule has 172 valence electrons. The van der Waals surface area contributed by atoms with E-state index >= 15 is 0 Å². The molecule has 3 N–H and O–H groups in total. The van der Waals surface area contributed by atoms with Crippen LogP contribution in [0.2, 0.25) is 0 Å². The highest BCUT2D eigenvalue weighted by atomic mass is 32.1. The monoisotopic (exact) mass is 470 g/mol. The normalized spacial score (nSPS) is 12.3. The van der Waals surface area contributed by atoms with Crippen LogP contribution in [0.1, 0.15) is 21.1 Å². The lowest BCUT2D eigenvalue weighted by atomic mass is 10.2. The summed E-state index contributed by atoms with van der Waals surface area (Å²) < 4.78 is 2.19. The molecule has 1 unspecified atom stereocenters. The summed E-state index contributed by atoms with van der Waals surface area (Å²) in [7, 11) is 0. The number of thiazole rings is 1. The number of aliphatic hydroxyl groups excluding tert-OH is 1. The van der Waals surface area contributed by atoms with E-state index in [9.17, 15) is 9.90 Å². The number of para-hydroxylation sites is 2. The molecule has 5 rings (SSSR count). The van der Waals surface area contributed by atoms with Gasteiger partial charge in [0.05, 0.1) is 24.9 Å². The van der Waals surface area contributed by atoms with Crippen LogP contribution < -0.4 is 10.6 Å². The van der Waals surface area contributed by atoms with Crippen molar-refractivity contribution in [3.8, 4) is 0 Å². The molecule has 0 saturated carbocycles. The van der Waals surface area contributed by atoms with Gasteiger partial charge in [0, 0.05) is 45.8 Å². The Balaban J connectivity index is 1.14. The Kier molecular flexibility index (Phi) is 6.67. The van der Waals surface area contributed by atoms with Gasteiger partial charge in [0.2, 0.25) is 0 Å². The molecule has 1 amide bonds. The third-order valence-corrected chi connectivity index (χ3v) is 6.69. The number of nitrogens with one attached hydrogen (secondary N) is 2. The van der Waals surface area contributed by atoms with Crippen LogP contribution in [0.4, 0.5) is 0 Å². The zero-order valence-electron chi connectivity index (χ0n) is 18.6. The minimum absolute atomic E-state index is 0.108. The van der Waals surface area contributed by atoms with E-state index in [0.29, 0.717) is 31.7 Å². The first-order valence-corrected chi connectivity index (χ1v) is 12.2. The van der Waals surface area contributed by atoms with Gasteiger partial charge in [0.25, 0.3) is 5.91 Å². The molecule has 0 aliphatic carbocycles. The first-order chi connectivity index (χ1) is 16.7. The maximum atomic E-state index is 12.2. The number of fused-ring (bicyclic) bond motifs is 3. The molecule has 0 fully saturated rings. The van der Waals surface area contributed by atoms with Crippen molar-refractivity contribution in [2.45, 2.75) is 25.7 Å². The zero-order chi connectivity index (χ0) is 23.3. The second-order valence-corrected chi connectivity index (χ2v) is 9.15. The van der Waals surface area contributed by atoms with Gasteiger partial charge in [-0.05, 0) is 24.3 Å². The van der Waals surface area contributed by atoms with Crippen molar-refractivity contribution < 1.29 is 9.90 Å². The van der Waals surface area contributed by atoms with Gasteiger partial charge in [0.15, 0.2) is 0 Å². The summed E-state index contributed by atoms with van der Waals surface area (Å²) in [6.45, 7) is 1.93. The third-order valence-electron chi connectivity index (χ3n) is 5.79. The molecule has 2 heterocycles. The molecular formula is C27H26N4O2S. The quantitative estimate of drug-likeness (QED) is 0.300. The van der Waals surface area contributed by atoms with Crippen molar-refractivity contribution in [3.63, 3.8) is 0 Å². The minimum atomic E-state index is -0.539.